The highest BCUT2D eigenvalue weighted by atomic mass is 19.1. The summed E-state index contributed by atoms with van der Waals surface area (Å²) in [4.78, 5) is 0. The molecule has 4 rings (SSSR count). The van der Waals surface area contributed by atoms with Crippen molar-refractivity contribution in [2.75, 3.05) is 0 Å². The van der Waals surface area contributed by atoms with Crippen LogP contribution < -0.4 is 0 Å². The first-order valence-corrected chi connectivity index (χ1v) is 9.41. The smallest absolute Gasteiger partial charge is 0.0862 e. The molecular weight excluding hydrogens is 283 g/mol. The first-order chi connectivity index (χ1) is 11.0. The molecule has 0 aliphatic heterocycles. The van der Waals surface area contributed by atoms with Crippen molar-refractivity contribution in [3.8, 4) is 0 Å². The Balaban J connectivity index is 1.77. The Morgan fingerprint density at radius 3 is 2.87 bits per heavy atom. The number of fused-ring (bicyclic) bond motifs is 5. The van der Waals surface area contributed by atoms with Gasteiger partial charge in [-0.3, -0.25) is 0 Å². The second-order valence-corrected chi connectivity index (χ2v) is 8.54. The van der Waals surface area contributed by atoms with Gasteiger partial charge in [-0.15, -0.1) is 0 Å². The molecule has 124 valence electrons. The molecule has 0 spiro atoms. The molecule has 4 aliphatic carbocycles. The van der Waals surface area contributed by atoms with Crippen LogP contribution in [0.3, 0.4) is 0 Å². The van der Waals surface area contributed by atoms with E-state index in [4.69, 9.17) is 0 Å². The molecule has 0 N–H and O–H groups in total. The van der Waals surface area contributed by atoms with E-state index in [1.165, 1.54) is 12.8 Å². The van der Waals surface area contributed by atoms with Crippen LogP contribution in [-0.4, -0.2) is 0 Å². The maximum Gasteiger partial charge on any atom is 0.0862 e. The van der Waals surface area contributed by atoms with Crippen LogP contribution in [0.5, 0.6) is 0 Å². The molecule has 0 aromatic rings. The molecular formula is C22H29F. The second kappa shape index (κ2) is 5.19. The molecule has 2 fully saturated rings. The van der Waals surface area contributed by atoms with Gasteiger partial charge in [0.05, 0.1) is 6.33 Å². The van der Waals surface area contributed by atoms with Crippen LogP contribution in [0.15, 0.2) is 47.4 Å². The van der Waals surface area contributed by atoms with Crippen molar-refractivity contribution in [1.29, 1.82) is 0 Å². The Bertz CT molecular complexity index is 634. The van der Waals surface area contributed by atoms with Crippen molar-refractivity contribution in [3.63, 3.8) is 0 Å². The summed E-state index contributed by atoms with van der Waals surface area (Å²) in [6.07, 6.45) is 17.5. The van der Waals surface area contributed by atoms with Gasteiger partial charge in [0.25, 0.3) is 0 Å². The fourth-order valence-corrected chi connectivity index (χ4v) is 6.50. The van der Waals surface area contributed by atoms with Gasteiger partial charge in [0.2, 0.25) is 0 Å². The van der Waals surface area contributed by atoms with Crippen LogP contribution >= 0.6 is 0 Å². The molecule has 4 aliphatic rings. The summed E-state index contributed by atoms with van der Waals surface area (Å²) >= 11 is 0. The molecule has 23 heavy (non-hydrogen) atoms. The molecule has 0 amide bonds. The lowest BCUT2D eigenvalue weighted by atomic mass is 9.52. The number of rotatable bonds is 1. The van der Waals surface area contributed by atoms with Crippen molar-refractivity contribution in [3.05, 3.63) is 47.4 Å². The number of hydrogen-bond acceptors (Lipinski definition) is 0. The third-order valence-corrected chi connectivity index (χ3v) is 7.68. The lowest BCUT2D eigenvalue weighted by Gasteiger charge is -2.52. The zero-order valence-electron chi connectivity index (χ0n) is 14.7. The van der Waals surface area contributed by atoms with Crippen LogP contribution in [0.25, 0.3) is 0 Å². The van der Waals surface area contributed by atoms with Gasteiger partial charge in [0.1, 0.15) is 0 Å². The van der Waals surface area contributed by atoms with Gasteiger partial charge in [0.15, 0.2) is 0 Å². The standard InChI is InChI=1S/C22H29F/c1-4-18-15(14-23)13-20-17-9-8-16-7-5-6-11-21(16,2)19(17)10-12-22(18,20)3/h6-7,10-11,14,17-18,20H,4-5,8-9,12-13H2,1-3H3/t17-,18+,20+,21+,22-/m1/s1. The van der Waals surface area contributed by atoms with E-state index in [0.717, 1.165) is 37.6 Å². The Morgan fingerprint density at radius 1 is 1.30 bits per heavy atom. The predicted octanol–water partition coefficient (Wildman–Crippen LogP) is 6.52. The highest BCUT2D eigenvalue weighted by Crippen LogP contribution is 2.65. The molecule has 0 aromatic carbocycles. The van der Waals surface area contributed by atoms with Crippen LogP contribution in [0, 0.1) is 28.6 Å². The Hall–Kier alpha value is -1.11. The molecule has 0 saturated heterocycles. The summed E-state index contributed by atoms with van der Waals surface area (Å²) < 4.78 is 13.5. The average molecular weight is 312 g/mol. The summed E-state index contributed by atoms with van der Waals surface area (Å²) in [5, 5.41) is 0. The Kier molecular flexibility index (Phi) is 3.48. The third-order valence-electron chi connectivity index (χ3n) is 7.68. The largest absolute Gasteiger partial charge is 0.216 e. The molecule has 0 nitrogen and oxygen atoms in total. The molecule has 0 radical (unpaired) electrons. The normalized spacial score (nSPS) is 46.8. The summed E-state index contributed by atoms with van der Waals surface area (Å²) in [5.74, 6) is 1.70. The molecule has 5 atom stereocenters. The molecule has 1 heteroatoms. The monoisotopic (exact) mass is 312 g/mol. The van der Waals surface area contributed by atoms with Crippen molar-refractivity contribution < 1.29 is 4.39 Å². The lowest BCUT2D eigenvalue weighted by Crippen LogP contribution is -2.43. The van der Waals surface area contributed by atoms with Crippen LogP contribution in [0.2, 0.25) is 0 Å². The van der Waals surface area contributed by atoms with Gasteiger partial charge in [-0.2, -0.15) is 0 Å². The summed E-state index contributed by atoms with van der Waals surface area (Å²) in [7, 11) is 0. The molecule has 2 saturated carbocycles. The third kappa shape index (κ3) is 1.95. The molecule has 0 bridgehead atoms. The van der Waals surface area contributed by atoms with E-state index in [1.807, 2.05) is 0 Å². The zero-order chi connectivity index (χ0) is 16.2. The van der Waals surface area contributed by atoms with Gasteiger partial charge in [-0.1, -0.05) is 49.3 Å². The highest BCUT2D eigenvalue weighted by Gasteiger charge is 2.56. The predicted molar refractivity (Wildman–Crippen MR) is 94.6 cm³/mol. The van der Waals surface area contributed by atoms with E-state index in [9.17, 15) is 4.39 Å². The van der Waals surface area contributed by atoms with Gasteiger partial charge in [-0.25, -0.2) is 4.39 Å². The maximum absolute atomic E-state index is 13.5. The Morgan fingerprint density at radius 2 is 2.13 bits per heavy atom. The number of allylic oxidation sites excluding steroid dienone is 7. The minimum atomic E-state index is 0.145. The second-order valence-electron chi connectivity index (χ2n) is 8.54. The van der Waals surface area contributed by atoms with Gasteiger partial charge in [-0.05, 0) is 74.2 Å². The zero-order valence-corrected chi connectivity index (χ0v) is 14.7. The van der Waals surface area contributed by atoms with Crippen molar-refractivity contribution in [2.24, 2.45) is 28.6 Å². The van der Waals surface area contributed by atoms with E-state index in [1.54, 1.807) is 11.1 Å². The van der Waals surface area contributed by atoms with Crippen LogP contribution in [0.4, 0.5) is 4.39 Å². The number of hydrogen-bond donors (Lipinski definition) is 0. The van der Waals surface area contributed by atoms with E-state index in [2.05, 4.69) is 45.1 Å². The van der Waals surface area contributed by atoms with E-state index in [-0.39, 0.29) is 10.8 Å². The minimum Gasteiger partial charge on any atom is -0.216 e. The van der Waals surface area contributed by atoms with Crippen molar-refractivity contribution >= 4 is 0 Å². The maximum atomic E-state index is 13.5. The fourth-order valence-electron chi connectivity index (χ4n) is 6.50. The van der Waals surface area contributed by atoms with E-state index >= 15 is 0 Å². The summed E-state index contributed by atoms with van der Waals surface area (Å²) in [6.45, 7) is 7.07. The SMILES string of the molecule is CC[C@H]1C(=CF)C[C@H]2[C@@H]3CCC4=CCC=C[C@]4(C)C3=CC[C@]12C. The summed E-state index contributed by atoms with van der Waals surface area (Å²) in [5.41, 5.74) is 4.75. The quantitative estimate of drug-likeness (QED) is 0.483. The summed E-state index contributed by atoms with van der Waals surface area (Å²) in [6, 6.07) is 0. The first kappa shape index (κ1) is 15.4. The first-order valence-electron chi connectivity index (χ1n) is 9.41. The lowest BCUT2D eigenvalue weighted by molar-refractivity contribution is 0.0928. The fraction of sp³-hybridized carbons (Fsp3) is 0.636. The highest BCUT2D eigenvalue weighted by molar-refractivity contribution is 5.44. The molecule has 0 aromatic heterocycles. The molecule has 0 unspecified atom stereocenters. The van der Waals surface area contributed by atoms with Gasteiger partial charge >= 0.3 is 0 Å². The van der Waals surface area contributed by atoms with Gasteiger partial charge in [0, 0.05) is 5.41 Å². The van der Waals surface area contributed by atoms with Crippen LogP contribution in [-0.2, 0) is 0 Å². The van der Waals surface area contributed by atoms with E-state index < -0.39 is 0 Å². The van der Waals surface area contributed by atoms with Gasteiger partial charge < -0.3 is 0 Å². The van der Waals surface area contributed by atoms with Crippen molar-refractivity contribution in [2.45, 2.75) is 59.3 Å². The Labute approximate surface area is 140 Å². The topological polar surface area (TPSA) is 0 Å². The minimum absolute atomic E-state index is 0.145. The molecule has 0 heterocycles. The average Bonchev–Trinajstić information content (AvgIpc) is 2.85. The van der Waals surface area contributed by atoms with Crippen molar-refractivity contribution in [1.82, 2.24) is 0 Å². The van der Waals surface area contributed by atoms with Crippen LogP contribution in [0.1, 0.15) is 59.3 Å². The van der Waals surface area contributed by atoms with E-state index in [0.29, 0.717) is 17.8 Å². The number of halogens is 1.